The number of nitrogens with one attached hydrogen (secondary N) is 1. The van der Waals surface area contributed by atoms with Gasteiger partial charge in [-0.2, -0.15) is 5.26 Å². The van der Waals surface area contributed by atoms with Gasteiger partial charge in [-0.3, -0.25) is 4.79 Å². The van der Waals surface area contributed by atoms with Gasteiger partial charge in [-0.15, -0.1) is 0 Å². The van der Waals surface area contributed by atoms with Gasteiger partial charge in [-0.05, 0) is 68.0 Å². The van der Waals surface area contributed by atoms with E-state index in [9.17, 15) is 19.6 Å². The van der Waals surface area contributed by atoms with Gasteiger partial charge in [0.15, 0.2) is 0 Å². The lowest BCUT2D eigenvalue weighted by Gasteiger charge is -2.10. The molecule has 0 radical (unpaired) electrons. The molecule has 0 spiro atoms. The van der Waals surface area contributed by atoms with Crippen molar-refractivity contribution in [1.82, 2.24) is 4.57 Å². The lowest BCUT2D eigenvalue weighted by atomic mass is 10.1. The van der Waals surface area contributed by atoms with E-state index in [2.05, 4.69) is 5.32 Å². The first kappa shape index (κ1) is 18.9. The molecule has 1 amide bonds. The second-order valence-corrected chi connectivity index (χ2v) is 6.28. The highest BCUT2D eigenvalue weighted by Crippen LogP contribution is 2.24. The minimum absolute atomic E-state index is 0.0784. The topological polar surface area (TPSA) is 78.1 Å². The summed E-state index contributed by atoms with van der Waals surface area (Å²) in [4.78, 5) is 12.4. The van der Waals surface area contributed by atoms with Crippen LogP contribution in [0, 0.1) is 31.0 Å². The standard InChI is InChI=1S/C22H18FN3O2/c1-14-11-16(15(2)26(14)21-6-4-3-5-20(21)23)12-17(13-24)22(28)25-18-7-9-19(27)10-8-18/h3-12,27H,1-2H3,(H,25,28)/b17-12-. The smallest absolute Gasteiger partial charge is 0.266 e. The van der Waals surface area contributed by atoms with Gasteiger partial charge in [0.1, 0.15) is 23.2 Å². The molecule has 0 aliphatic carbocycles. The number of phenolic OH excluding ortho intramolecular Hbond substituents is 1. The Morgan fingerprint density at radius 2 is 1.86 bits per heavy atom. The predicted octanol–water partition coefficient (Wildman–Crippen LogP) is 4.48. The summed E-state index contributed by atoms with van der Waals surface area (Å²) in [5.41, 5.74) is 2.93. The third-order valence-electron chi connectivity index (χ3n) is 4.35. The molecule has 0 unspecified atom stereocenters. The number of aromatic nitrogens is 1. The third kappa shape index (κ3) is 3.79. The Hall–Kier alpha value is -3.85. The van der Waals surface area contributed by atoms with E-state index in [1.54, 1.807) is 35.8 Å². The summed E-state index contributed by atoms with van der Waals surface area (Å²) in [5.74, 6) is -0.844. The minimum atomic E-state index is -0.566. The van der Waals surface area contributed by atoms with Crippen molar-refractivity contribution in [2.24, 2.45) is 0 Å². The molecular formula is C22H18FN3O2. The first-order valence-corrected chi connectivity index (χ1v) is 8.56. The van der Waals surface area contributed by atoms with Crippen LogP contribution in [0.1, 0.15) is 17.0 Å². The van der Waals surface area contributed by atoms with Crippen molar-refractivity contribution in [2.75, 3.05) is 5.32 Å². The maximum atomic E-state index is 14.2. The zero-order chi connectivity index (χ0) is 20.3. The predicted molar refractivity (Wildman–Crippen MR) is 106 cm³/mol. The van der Waals surface area contributed by atoms with Crippen molar-refractivity contribution in [3.05, 3.63) is 82.9 Å². The molecule has 140 valence electrons. The van der Waals surface area contributed by atoms with E-state index in [-0.39, 0.29) is 17.1 Å². The second kappa shape index (κ2) is 7.80. The number of phenols is 1. The van der Waals surface area contributed by atoms with Crippen LogP contribution in [-0.2, 0) is 4.79 Å². The summed E-state index contributed by atoms with van der Waals surface area (Å²) in [6.07, 6.45) is 1.48. The molecule has 5 nitrogen and oxygen atoms in total. The second-order valence-electron chi connectivity index (χ2n) is 6.28. The van der Waals surface area contributed by atoms with Crippen molar-refractivity contribution in [1.29, 1.82) is 5.26 Å². The maximum Gasteiger partial charge on any atom is 0.266 e. The summed E-state index contributed by atoms with van der Waals surface area (Å²) >= 11 is 0. The van der Waals surface area contributed by atoms with Crippen LogP contribution in [-0.4, -0.2) is 15.6 Å². The largest absolute Gasteiger partial charge is 0.508 e. The van der Waals surface area contributed by atoms with Crippen LogP contribution in [0.25, 0.3) is 11.8 Å². The number of para-hydroxylation sites is 1. The van der Waals surface area contributed by atoms with Crippen molar-refractivity contribution in [3.63, 3.8) is 0 Å². The van der Waals surface area contributed by atoms with Gasteiger partial charge in [0.2, 0.25) is 0 Å². The summed E-state index contributed by atoms with van der Waals surface area (Å²) in [6, 6.07) is 16.1. The fraction of sp³-hybridized carbons (Fsp3) is 0.0909. The number of nitriles is 1. The van der Waals surface area contributed by atoms with Crippen molar-refractivity contribution >= 4 is 17.7 Å². The Morgan fingerprint density at radius 3 is 2.50 bits per heavy atom. The first-order chi connectivity index (χ1) is 13.4. The van der Waals surface area contributed by atoms with Crippen molar-refractivity contribution < 1.29 is 14.3 Å². The van der Waals surface area contributed by atoms with E-state index in [0.717, 1.165) is 5.69 Å². The molecule has 1 heterocycles. The molecule has 2 N–H and O–H groups in total. The third-order valence-corrected chi connectivity index (χ3v) is 4.35. The molecule has 0 aliphatic rings. The monoisotopic (exact) mass is 375 g/mol. The normalized spacial score (nSPS) is 11.1. The lowest BCUT2D eigenvalue weighted by molar-refractivity contribution is -0.112. The summed E-state index contributed by atoms with van der Waals surface area (Å²) in [6.45, 7) is 3.64. The van der Waals surface area contributed by atoms with Gasteiger partial charge in [0, 0.05) is 17.1 Å². The molecule has 0 aliphatic heterocycles. The average molecular weight is 375 g/mol. The number of aryl methyl sites for hydroxylation is 1. The van der Waals surface area contributed by atoms with E-state index in [1.165, 1.54) is 36.4 Å². The first-order valence-electron chi connectivity index (χ1n) is 8.56. The van der Waals surface area contributed by atoms with E-state index < -0.39 is 5.91 Å². The Morgan fingerprint density at radius 1 is 1.18 bits per heavy atom. The van der Waals surface area contributed by atoms with Gasteiger partial charge >= 0.3 is 0 Å². The number of benzene rings is 2. The highest BCUT2D eigenvalue weighted by atomic mass is 19.1. The van der Waals surface area contributed by atoms with Crippen LogP contribution in [0.2, 0.25) is 0 Å². The average Bonchev–Trinajstić information content (AvgIpc) is 2.95. The Balaban J connectivity index is 1.94. The zero-order valence-electron chi connectivity index (χ0n) is 15.4. The number of aromatic hydroxyl groups is 1. The Kier molecular flexibility index (Phi) is 5.28. The van der Waals surface area contributed by atoms with Crippen LogP contribution in [0.15, 0.2) is 60.2 Å². The zero-order valence-corrected chi connectivity index (χ0v) is 15.4. The molecule has 0 saturated heterocycles. The highest BCUT2D eigenvalue weighted by Gasteiger charge is 2.15. The maximum absolute atomic E-state index is 14.2. The van der Waals surface area contributed by atoms with Gasteiger partial charge in [0.25, 0.3) is 5.91 Å². The quantitative estimate of drug-likeness (QED) is 0.401. The fourth-order valence-electron chi connectivity index (χ4n) is 2.98. The van der Waals surface area contributed by atoms with Gasteiger partial charge in [0.05, 0.1) is 5.69 Å². The molecule has 0 fully saturated rings. The van der Waals surface area contributed by atoms with E-state index in [4.69, 9.17) is 0 Å². The summed E-state index contributed by atoms with van der Waals surface area (Å²) < 4.78 is 15.9. The molecule has 3 aromatic rings. The number of carbonyl (C=O) groups is 1. The number of hydrogen-bond donors (Lipinski definition) is 2. The van der Waals surface area contributed by atoms with Crippen LogP contribution in [0.3, 0.4) is 0 Å². The molecular weight excluding hydrogens is 357 g/mol. The number of carbonyl (C=O) groups excluding carboxylic acids is 1. The Bertz CT molecular complexity index is 1110. The van der Waals surface area contributed by atoms with Crippen LogP contribution < -0.4 is 5.32 Å². The molecule has 0 bridgehead atoms. The molecule has 2 aromatic carbocycles. The van der Waals surface area contributed by atoms with Crippen LogP contribution in [0.5, 0.6) is 5.75 Å². The number of anilines is 1. The minimum Gasteiger partial charge on any atom is -0.508 e. The van der Waals surface area contributed by atoms with Gasteiger partial charge < -0.3 is 15.0 Å². The molecule has 0 saturated carbocycles. The van der Waals surface area contributed by atoms with Gasteiger partial charge in [-0.1, -0.05) is 12.1 Å². The molecule has 28 heavy (non-hydrogen) atoms. The summed E-state index contributed by atoms with van der Waals surface area (Å²) in [7, 11) is 0. The summed E-state index contributed by atoms with van der Waals surface area (Å²) in [5, 5.41) is 21.3. The molecule has 0 atom stereocenters. The number of halogens is 1. The van der Waals surface area contributed by atoms with E-state index in [0.29, 0.717) is 22.6 Å². The Labute approximate surface area is 162 Å². The lowest BCUT2D eigenvalue weighted by Crippen LogP contribution is -2.13. The van der Waals surface area contributed by atoms with Crippen molar-refractivity contribution in [2.45, 2.75) is 13.8 Å². The van der Waals surface area contributed by atoms with E-state index >= 15 is 0 Å². The number of amides is 1. The molecule has 1 aromatic heterocycles. The fourth-order valence-corrected chi connectivity index (χ4v) is 2.98. The van der Waals surface area contributed by atoms with E-state index in [1.807, 2.05) is 13.0 Å². The number of hydrogen-bond acceptors (Lipinski definition) is 3. The number of rotatable bonds is 4. The molecule has 6 heteroatoms. The SMILES string of the molecule is Cc1cc(/C=C(/C#N)C(=O)Nc2ccc(O)cc2)c(C)n1-c1ccccc1F. The number of nitrogens with zero attached hydrogens (tertiary/aromatic N) is 2. The van der Waals surface area contributed by atoms with Crippen molar-refractivity contribution in [3.8, 4) is 17.5 Å². The highest BCUT2D eigenvalue weighted by molar-refractivity contribution is 6.09. The molecule has 3 rings (SSSR count). The van der Waals surface area contributed by atoms with Crippen LogP contribution in [0.4, 0.5) is 10.1 Å². The van der Waals surface area contributed by atoms with Gasteiger partial charge in [-0.25, -0.2) is 4.39 Å². The van der Waals surface area contributed by atoms with Crippen LogP contribution >= 0.6 is 0 Å².